The molecule has 0 aliphatic rings. The Morgan fingerprint density at radius 1 is 1.18 bits per heavy atom. The normalized spacial score (nSPS) is 10.4. The van der Waals surface area contributed by atoms with Crippen molar-refractivity contribution < 1.29 is 9.53 Å². The van der Waals surface area contributed by atoms with Crippen molar-refractivity contribution in [3.63, 3.8) is 0 Å². The molecule has 0 unspecified atom stereocenters. The summed E-state index contributed by atoms with van der Waals surface area (Å²) in [6, 6.07) is 15.2. The molecule has 0 spiro atoms. The van der Waals surface area contributed by atoms with Gasteiger partial charge < -0.3 is 10.1 Å². The molecule has 8 nitrogen and oxygen atoms in total. The smallest absolute Gasteiger partial charge is 0.349 e. The molecule has 3 aromatic rings. The number of para-hydroxylation sites is 2. The highest BCUT2D eigenvalue weighted by Gasteiger charge is 2.15. The van der Waals surface area contributed by atoms with Gasteiger partial charge in [0, 0.05) is 25.6 Å². The van der Waals surface area contributed by atoms with Gasteiger partial charge in [-0.15, -0.1) is 0 Å². The van der Waals surface area contributed by atoms with Crippen LogP contribution in [0.15, 0.2) is 53.3 Å². The molecule has 0 saturated carbocycles. The zero-order valence-corrected chi connectivity index (χ0v) is 15.3. The van der Waals surface area contributed by atoms with Crippen molar-refractivity contribution in [1.29, 1.82) is 5.26 Å². The van der Waals surface area contributed by atoms with Gasteiger partial charge in [-0.2, -0.15) is 10.2 Å². The molecule has 0 bridgehead atoms. The molecule has 1 heterocycles. The number of fused-ring (bicyclic) bond motifs is 1. The maximum atomic E-state index is 12.6. The summed E-state index contributed by atoms with van der Waals surface area (Å²) < 4.78 is 6.46. The van der Waals surface area contributed by atoms with Crippen molar-refractivity contribution in [2.24, 2.45) is 0 Å². The summed E-state index contributed by atoms with van der Waals surface area (Å²) in [6.07, 6.45) is 0.587. The lowest BCUT2D eigenvalue weighted by molar-refractivity contribution is 0.190. The molecule has 0 atom stereocenters. The number of carbonyl (C=O) groups excluding carboxylic acids is 1. The monoisotopic (exact) mass is 377 g/mol. The van der Waals surface area contributed by atoms with Crippen molar-refractivity contribution in [3.05, 3.63) is 64.6 Å². The Bertz CT molecular complexity index is 1100. The van der Waals surface area contributed by atoms with Crippen LogP contribution in [0.4, 0.5) is 16.3 Å². The van der Waals surface area contributed by atoms with Crippen molar-refractivity contribution in [1.82, 2.24) is 9.55 Å². The van der Waals surface area contributed by atoms with Gasteiger partial charge in [0.2, 0.25) is 0 Å². The second kappa shape index (κ2) is 8.79. The number of nitriles is 1. The van der Waals surface area contributed by atoms with E-state index in [1.807, 2.05) is 12.1 Å². The Hall–Kier alpha value is -3.70. The fraction of sp³-hybridized carbons (Fsp3) is 0.200. The Labute approximate surface area is 161 Å². The number of anilines is 2. The summed E-state index contributed by atoms with van der Waals surface area (Å²) in [5.74, 6) is 0.346. The maximum Gasteiger partial charge on any atom is 0.349 e. The number of methoxy groups -OCH3 is 1. The van der Waals surface area contributed by atoms with E-state index in [0.29, 0.717) is 47.5 Å². The van der Waals surface area contributed by atoms with E-state index in [4.69, 9.17) is 4.74 Å². The minimum Gasteiger partial charge on any atom is -0.385 e. The van der Waals surface area contributed by atoms with Crippen molar-refractivity contribution >= 4 is 28.4 Å². The van der Waals surface area contributed by atoms with E-state index in [-0.39, 0.29) is 0 Å². The Morgan fingerprint density at radius 2 is 1.93 bits per heavy atom. The predicted octanol–water partition coefficient (Wildman–Crippen LogP) is 2.95. The quantitative estimate of drug-likeness (QED) is 0.642. The molecule has 0 aliphatic carbocycles. The van der Waals surface area contributed by atoms with Gasteiger partial charge in [-0.05, 0) is 30.7 Å². The summed E-state index contributed by atoms with van der Waals surface area (Å²) in [6.45, 7) is 0.815. The van der Waals surface area contributed by atoms with Crippen LogP contribution in [-0.4, -0.2) is 29.3 Å². The highest BCUT2D eigenvalue weighted by Crippen LogP contribution is 2.21. The molecule has 3 rings (SSSR count). The predicted molar refractivity (Wildman–Crippen MR) is 106 cm³/mol. The van der Waals surface area contributed by atoms with Crippen LogP contribution in [-0.2, 0) is 11.3 Å². The third-order valence-corrected chi connectivity index (χ3v) is 4.13. The van der Waals surface area contributed by atoms with E-state index in [1.165, 1.54) is 4.57 Å². The number of hydrogen-bond donors (Lipinski definition) is 2. The molecule has 142 valence electrons. The highest BCUT2D eigenvalue weighted by molar-refractivity contribution is 6.04. The van der Waals surface area contributed by atoms with E-state index < -0.39 is 11.7 Å². The van der Waals surface area contributed by atoms with E-state index in [2.05, 4.69) is 15.6 Å². The second-order valence-corrected chi connectivity index (χ2v) is 5.99. The van der Waals surface area contributed by atoms with Crippen molar-refractivity contribution in [2.45, 2.75) is 13.0 Å². The lowest BCUT2D eigenvalue weighted by Crippen LogP contribution is -2.30. The molecule has 28 heavy (non-hydrogen) atoms. The zero-order chi connectivity index (χ0) is 19.9. The highest BCUT2D eigenvalue weighted by atomic mass is 16.5. The third-order valence-electron chi connectivity index (χ3n) is 4.13. The van der Waals surface area contributed by atoms with Gasteiger partial charge in [0.15, 0.2) is 0 Å². The molecular weight excluding hydrogens is 358 g/mol. The first kappa shape index (κ1) is 19.1. The first-order valence-electron chi connectivity index (χ1n) is 8.69. The number of carbonyl (C=O) groups is 1. The zero-order valence-electron chi connectivity index (χ0n) is 15.3. The van der Waals surface area contributed by atoms with Crippen molar-refractivity contribution in [3.8, 4) is 6.07 Å². The van der Waals surface area contributed by atoms with Crippen molar-refractivity contribution in [2.75, 3.05) is 24.4 Å². The van der Waals surface area contributed by atoms with Crippen LogP contribution in [0.1, 0.15) is 12.0 Å². The average molecular weight is 377 g/mol. The standard InChI is InChI=1S/C20H19N5O3/c1-28-12-6-11-25-18(15-8-3-5-10-17(15)23-20(25)27)24-19(26)22-16-9-4-2-7-14(16)13-21/h2-5,7-10H,6,11-12H2,1H3,(H2,22,24,26). The molecular formula is C20H19N5O3. The number of urea groups is 1. The van der Waals surface area contributed by atoms with Crippen LogP contribution in [0, 0.1) is 11.3 Å². The molecule has 2 aromatic carbocycles. The Morgan fingerprint density at radius 3 is 2.71 bits per heavy atom. The lowest BCUT2D eigenvalue weighted by Gasteiger charge is -2.16. The lowest BCUT2D eigenvalue weighted by atomic mass is 10.2. The summed E-state index contributed by atoms with van der Waals surface area (Å²) in [4.78, 5) is 29.2. The molecule has 2 amide bonds. The van der Waals surface area contributed by atoms with E-state index in [0.717, 1.165) is 0 Å². The number of hydrogen-bond acceptors (Lipinski definition) is 5. The first-order valence-corrected chi connectivity index (χ1v) is 8.69. The van der Waals surface area contributed by atoms with Crippen LogP contribution in [0.3, 0.4) is 0 Å². The molecule has 2 N–H and O–H groups in total. The minimum atomic E-state index is -0.557. The van der Waals surface area contributed by atoms with E-state index >= 15 is 0 Å². The largest absolute Gasteiger partial charge is 0.385 e. The molecule has 0 saturated heterocycles. The van der Waals surface area contributed by atoms with Gasteiger partial charge in [-0.25, -0.2) is 9.59 Å². The average Bonchev–Trinajstić information content (AvgIpc) is 2.70. The van der Waals surface area contributed by atoms with Gasteiger partial charge >= 0.3 is 11.7 Å². The van der Waals surface area contributed by atoms with Crippen LogP contribution >= 0.6 is 0 Å². The third kappa shape index (κ3) is 4.16. The Balaban J connectivity index is 1.96. The fourth-order valence-corrected chi connectivity index (χ4v) is 2.84. The summed E-state index contributed by atoms with van der Waals surface area (Å²) >= 11 is 0. The molecule has 1 aromatic heterocycles. The number of aromatic nitrogens is 2. The van der Waals surface area contributed by atoms with Gasteiger partial charge in [-0.3, -0.25) is 9.88 Å². The van der Waals surface area contributed by atoms with Gasteiger partial charge in [0.1, 0.15) is 11.9 Å². The van der Waals surface area contributed by atoms with Crippen LogP contribution < -0.4 is 16.3 Å². The van der Waals surface area contributed by atoms with Crippen LogP contribution in [0.5, 0.6) is 0 Å². The first-order chi connectivity index (χ1) is 13.6. The minimum absolute atomic E-state index is 0.342. The number of nitrogens with zero attached hydrogens (tertiary/aromatic N) is 3. The van der Waals surface area contributed by atoms with E-state index in [1.54, 1.807) is 49.6 Å². The SMILES string of the molecule is COCCCn1c(NC(=O)Nc2ccccc2C#N)c2ccccc2nc1=O. The van der Waals surface area contributed by atoms with E-state index in [9.17, 15) is 14.9 Å². The second-order valence-electron chi connectivity index (χ2n) is 5.99. The van der Waals surface area contributed by atoms with Gasteiger partial charge in [0.25, 0.3) is 0 Å². The molecule has 0 fully saturated rings. The number of rotatable bonds is 6. The topological polar surface area (TPSA) is 109 Å². The Kier molecular flexibility index (Phi) is 5.99. The summed E-state index contributed by atoms with van der Waals surface area (Å²) in [5, 5.41) is 15.2. The fourth-order valence-electron chi connectivity index (χ4n) is 2.84. The molecule has 0 radical (unpaired) electrons. The number of ether oxygens (including phenoxy) is 1. The van der Waals surface area contributed by atoms with Gasteiger partial charge in [-0.1, -0.05) is 24.3 Å². The van der Waals surface area contributed by atoms with Crippen LogP contribution in [0.2, 0.25) is 0 Å². The number of benzene rings is 2. The maximum absolute atomic E-state index is 12.6. The molecule has 8 heteroatoms. The number of nitrogens with one attached hydrogen (secondary N) is 2. The van der Waals surface area contributed by atoms with Crippen LogP contribution in [0.25, 0.3) is 10.9 Å². The summed E-state index contributed by atoms with van der Waals surface area (Å²) in [7, 11) is 1.58. The number of amides is 2. The van der Waals surface area contributed by atoms with Gasteiger partial charge in [0.05, 0.1) is 16.8 Å². The molecule has 0 aliphatic heterocycles. The summed E-state index contributed by atoms with van der Waals surface area (Å²) in [5.41, 5.74) is 0.759.